The standard InChI is InChI=1S/C88H157NO8/c1-6-8-10-12-14-16-18-20-22-24-26-28-30-32-34-36-38-39-40-41-42-43-44-45-46-47-49-51-53-55-57-59-61-63-65-67-69-71-73-75-77-79-86(91)97-84(83-96-88(87(92)93)94-81-80-89(3,4)5)82-95-85(90)78-76-74-72-70-68-66-64-62-60-58-56-54-52-50-48-37-35-33-31-29-27-25-23-21-19-17-15-13-11-9-7-2/h8-11,14-17,20-23,26-29,84,88H,6-7,12-13,18-19,24-25,30-83H2,1-5H3/b10-8-,11-9-,16-14-,17-15-,22-20-,23-21-,28-26-,29-27-. The van der Waals surface area contributed by atoms with E-state index in [0.717, 1.165) is 83.5 Å². The molecular weight excluding hydrogens is 1200 g/mol. The molecule has 0 aromatic carbocycles. The fourth-order valence-electron chi connectivity index (χ4n) is 12.1. The first-order chi connectivity index (χ1) is 47.6. The second-order valence-electron chi connectivity index (χ2n) is 29.0. The summed E-state index contributed by atoms with van der Waals surface area (Å²) >= 11 is 0. The van der Waals surface area contributed by atoms with Crippen LogP contribution in [-0.2, 0) is 33.3 Å². The molecule has 9 nitrogen and oxygen atoms in total. The summed E-state index contributed by atoms with van der Waals surface area (Å²) in [7, 11) is 5.95. The summed E-state index contributed by atoms with van der Waals surface area (Å²) in [5.41, 5.74) is 0. The number of unbranched alkanes of at least 4 members (excludes halogenated alkanes) is 46. The van der Waals surface area contributed by atoms with Crippen LogP contribution in [0, 0.1) is 0 Å². The van der Waals surface area contributed by atoms with Gasteiger partial charge in [-0.1, -0.05) is 381 Å². The van der Waals surface area contributed by atoms with Crippen molar-refractivity contribution < 1.29 is 42.9 Å². The van der Waals surface area contributed by atoms with Crippen LogP contribution in [0.1, 0.15) is 386 Å². The fourth-order valence-corrected chi connectivity index (χ4v) is 12.1. The van der Waals surface area contributed by atoms with E-state index in [4.69, 9.17) is 18.9 Å². The summed E-state index contributed by atoms with van der Waals surface area (Å²) in [6.45, 7) is 4.58. The van der Waals surface area contributed by atoms with Gasteiger partial charge in [0.05, 0.1) is 40.3 Å². The average Bonchev–Trinajstić information content (AvgIpc) is 3.27. The lowest BCUT2D eigenvalue weighted by molar-refractivity contribution is -0.870. The molecule has 0 saturated heterocycles. The number of likely N-dealkylation sites (N-methyl/N-ethyl adjacent to an activating group) is 1. The molecule has 0 bridgehead atoms. The van der Waals surface area contributed by atoms with Crippen LogP contribution in [0.15, 0.2) is 97.2 Å². The van der Waals surface area contributed by atoms with Gasteiger partial charge in [-0.15, -0.1) is 0 Å². The maximum atomic E-state index is 13.0. The van der Waals surface area contributed by atoms with E-state index in [1.165, 1.54) is 270 Å². The molecule has 2 unspecified atom stereocenters. The van der Waals surface area contributed by atoms with Gasteiger partial charge in [-0.3, -0.25) is 9.59 Å². The van der Waals surface area contributed by atoms with Crippen LogP contribution in [-0.4, -0.2) is 82.3 Å². The summed E-state index contributed by atoms with van der Waals surface area (Å²) in [4.78, 5) is 37.6. The number of quaternary nitrogens is 1. The highest BCUT2D eigenvalue weighted by Gasteiger charge is 2.22. The van der Waals surface area contributed by atoms with Crippen LogP contribution in [0.3, 0.4) is 0 Å². The van der Waals surface area contributed by atoms with Crippen LogP contribution < -0.4 is 5.11 Å². The molecule has 0 aromatic heterocycles. The van der Waals surface area contributed by atoms with Crippen LogP contribution in [0.5, 0.6) is 0 Å². The number of rotatable bonds is 77. The van der Waals surface area contributed by atoms with Crippen molar-refractivity contribution in [3.8, 4) is 0 Å². The van der Waals surface area contributed by atoms with Crippen molar-refractivity contribution in [2.24, 2.45) is 0 Å². The van der Waals surface area contributed by atoms with Gasteiger partial charge in [0.15, 0.2) is 12.4 Å². The summed E-state index contributed by atoms with van der Waals surface area (Å²) in [5, 5.41) is 11.9. The minimum absolute atomic E-state index is 0.148. The van der Waals surface area contributed by atoms with Gasteiger partial charge >= 0.3 is 11.9 Å². The van der Waals surface area contributed by atoms with Gasteiger partial charge < -0.3 is 33.3 Å². The lowest BCUT2D eigenvalue weighted by Gasteiger charge is -2.26. The Hall–Kier alpha value is -3.79. The number of aliphatic carboxylic acids is 1. The number of hydrogen-bond donors (Lipinski definition) is 0. The number of hydrogen-bond acceptors (Lipinski definition) is 8. The van der Waals surface area contributed by atoms with Crippen molar-refractivity contribution >= 4 is 17.9 Å². The average molecular weight is 1360 g/mol. The van der Waals surface area contributed by atoms with Crippen molar-refractivity contribution in [2.75, 3.05) is 47.5 Å². The van der Waals surface area contributed by atoms with E-state index in [1.807, 2.05) is 21.1 Å². The topological polar surface area (TPSA) is 111 Å². The van der Waals surface area contributed by atoms with Crippen LogP contribution in [0.2, 0.25) is 0 Å². The molecule has 97 heavy (non-hydrogen) atoms. The smallest absolute Gasteiger partial charge is 0.306 e. The molecule has 0 fully saturated rings. The third kappa shape index (κ3) is 79.4. The van der Waals surface area contributed by atoms with Gasteiger partial charge in [-0.25, -0.2) is 0 Å². The van der Waals surface area contributed by atoms with E-state index >= 15 is 0 Å². The van der Waals surface area contributed by atoms with E-state index in [0.29, 0.717) is 23.9 Å². The molecule has 0 aliphatic carbocycles. The Kier molecular flexibility index (Phi) is 74.9. The molecule has 0 amide bonds. The molecule has 2 atom stereocenters. The zero-order valence-electron chi connectivity index (χ0n) is 64.4. The van der Waals surface area contributed by atoms with Gasteiger partial charge in [0.1, 0.15) is 13.2 Å². The maximum Gasteiger partial charge on any atom is 0.306 e. The predicted octanol–water partition coefficient (Wildman–Crippen LogP) is 25.4. The first kappa shape index (κ1) is 93.2. The molecule has 9 heteroatoms. The Morgan fingerprint density at radius 3 is 0.825 bits per heavy atom. The van der Waals surface area contributed by atoms with Gasteiger partial charge in [-0.05, 0) is 89.9 Å². The number of nitrogens with zero attached hydrogens (tertiary/aromatic N) is 1. The molecule has 0 radical (unpaired) electrons. The lowest BCUT2D eigenvalue weighted by Crippen LogP contribution is -2.44. The summed E-state index contributed by atoms with van der Waals surface area (Å²) in [6, 6.07) is 0. The van der Waals surface area contributed by atoms with Crippen molar-refractivity contribution in [2.45, 2.75) is 399 Å². The molecule has 0 saturated carbocycles. The summed E-state index contributed by atoms with van der Waals surface area (Å²) in [5.74, 6) is -2.26. The Bertz CT molecular complexity index is 1920. The molecule has 0 spiro atoms. The first-order valence-electron chi connectivity index (χ1n) is 41.4. The third-order valence-corrected chi connectivity index (χ3v) is 18.3. The Labute approximate surface area is 601 Å². The number of carboxylic acids is 1. The molecule has 0 N–H and O–H groups in total. The molecule has 562 valence electrons. The molecular formula is C88H157NO8. The third-order valence-electron chi connectivity index (χ3n) is 18.3. The normalized spacial score (nSPS) is 13.1. The van der Waals surface area contributed by atoms with E-state index in [2.05, 4.69) is 111 Å². The number of carbonyl (C=O) groups is 3. The minimum Gasteiger partial charge on any atom is -0.545 e. The number of allylic oxidation sites excluding steroid dienone is 16. The quantitative estimate of drug-likeness (QED) is 0.0195. The predicted molar refractivity (Wildman–Crippen MR) is 417 cm³/mol. The van der Waals surface area contributed by atoms with Gasteiger partial charge in [0.2, 0.25) is 0 Å². The lowest BCUT2D eigenvalue weighted by atomic mass is 10.0. The maximum absolute atomic E-state index is 13.0. The Balaban J connectivity index is 3.94. The molecule has 0 aliphatic heterocycles. The Morgan fingerprint density at radius 2 is 0.557 bits per heavy atom. The van der Waals surface area contributed by atoms with Crippen LogP contribution in [0.25, 0.3) is 0 Å². The van der Waals surface area contributed by atoms with Gasteiger partial charge in [0, 0.05) is 12.8 Å². The number of carboxylic acid groups (broad SMARTS) is 1. The van der Waals surface area contributed by atoms with Crippen molar-refractivity contribution in [3.63, 3.8) is 0 Å². The van der Waals surface area contributed by atoms with Gasteiger partial charge in [-0.2, -0.15) is 0 Å². The highest BCUT2D eigenvalue weighted by Crippen LogP contribution is 2.20. The summed E-state index contributed by atoms with van der Waals surface area (Å²) < 4.78 is 22.9. The van der Waals surface area contributed by atoms with E-state index in [1.54, 1.807) is 0 Å². The molecule has 0 aromatic rings. The number of ether oxygens (including phenoxy) is 4. The molecule has 0 aliphatic rings. The monoisotopic (exact) mass is 1360 g/mol. The SMILES string of the molecule is CC/C=C\C/C=C\C/C=C\C/C=C\CCCCCCCCCCCCCCCCCCCCCCCCCCCCCCC(=O)OC(COC(=O)CCCCCCCCCCCCCCCCCCCC/C=C\C/C=C\C/C=C\C/C=C\CC)COC(OCC[N+](C)(C)C)C(=O)[O-]. The fraction of sp³-hybridized carbons (Fsp3) is 0.784. The number of carbonyl (C=O) groups excluding carboxylic acids is 3. The zero-order chi connectivity index (χ0) is 70.4. The second kappa shape index (κ2) is 77.9. The second-order valence-corrected chi connectivity index (χ2v) is 29.0. The number of esters is 2. The zero-order valence-corrected chi connectivity index (χ0v) is 64.4. The van der Waals surface area contributed by atoms with Crippen LogP contribution >= 0.6 is 0 Å². The van der Waals surface area contributed by atoms with E-state index in [9.17, 15) is 19.5 Å². The van der Waals surface area contributed by atoms with Crippen molar-refractivity contribution in [1.29, 1.82) is 0 Å². The van der Waals surface area contributed by atoms with Crippen LogP contribution in [0.4, 0.5) is 0 Å². The van der Waals surface area contributed by atoms with E-state index in [-0.39, 0.29) is 32.2 Å². The molecule has 0 rings (SSSR count). The summed E-state index contributed by atoms with van der Waals surface area (Å²) in [6.07, 6.45) is 105. The molecule has 0 heterocycles. The van der Waals surface area contributed by atoms with Gasteiger partial charge in [0.25, 0.3) is 0 Å². The Morgan fingerprint density at radius 1 is 0.309 bits per heavy atom. The highest BCUT2D eigenvalue weighted by molar-refractivity contribution is 5.70. The van der Waals surface area contributed by atoms with Crippen molar-refractivity contribution in [3.05, 3.63) is 97.2 Å². The first-order valence-corrected chi connectivity index (χ1v) is 41.4. The largest absolute Gasteiger partial charge is 0.545 e. The van der Waals surface area contributed by atoms with Crippen molar-refractivity contribution in [1.82, 2.24) is 0 Å². The highest BCUT2D eigenvalue weighted by atomic mass is 16.7. The van der Waals surface area contributed by atoms with E-state index < -0.39 is 24.3 Å². The minimum atomic E-state index is -1.62.